The Kier molecular flexibility index (Phi) is 4.44. The summed E-state index contributed by atoms with van der Waals surface area (Å²) in [7, 11) is 1.29. The summed E-state index contributed by atoms with van der Waals surface area (Å²) < 4.78 is 6.04. The van der Waals surface area contributed by atoms with Crippen LogP contribution in [0.1, 0.15) is 0 Å². The Morgan fingerprint density at radius 2 is 1.95 bits per heavy atom. The van der Waals surface area contributed by atoms with E-state index in [0.29, 0.717) is 0 Å². The zero-order chi connectivity index (χ0) is 15.7. The topological polar surface area (TPSA) is 157 Å². The van der Waals surface area contributed by atoms with E-state index in [-0.39, 0.29) is 5.82 Å². The number of hydrogen-bond donors (Lipinski definition) is 6. The molecule has 0 aliphatic carbocycles. The minimum Gasteiger partial charge on any atom is -0.394 e. The van der Waals surface area contributed by atoms with Crippen molar-refractivity contribution in [3.05, 3.63) is 26.9 Å². The van der Waals surface area contributed by atoms with Crippen LogP contribution in [0.2, 0.25) is 0 Å². The van der Waals surface area contributed by atoms with Gasteiger partial charge in [-0.1, -0.05) is 0 Å². The average molecular weight is 303 g/mol. The lowest BCUT2D eigenvalue weighted by atomic mass is 9.98. The molecule has 1 aromatic heterocycles. The third-order valence-corrected chi connectivity index (χ3v) is 3.33. The van der Waals surface area contributed by atoms with Crippen molar-refractivity contribution in [2.75, 3.05) is 11.9 Å². The second-order valence-corrected chi connectivity index (χ2v) is 4.78. The normalized spacial score (nSPS) is 32.9. The maximum Gasteiger partial charge on any atom is 0.329 e. The summed E-state index contributed by atoms with van der Waals surface area (Å²) in [5.74, 6) is -0.0209. The zero-order valence-corrected chi connectivity index (χ0v) is 11.1. The molecule has 0 bridgehead atoms. The van der Waals surface area contributed by atoms with Crippen LogP contribution in [0.25, 0.3) is 0 Å². The molecule has 21 heavy (non-hydrogen) atoms. The molecule has 2 heterocycles. The van der Waals surface area contributed by atoms with E-state index in [1.54, 1.807) is 0 Å². The lowest BCUT2D eigenvalue weighted by Gasteiger charge is -2.40. The Bertz CT molecular complexity index is 579. The second kappa shape index (κ2) is 5.95. The van der Waals surface area contributed by atoms with Crippen LogP contribution in [-0.4, -0.2) is 67.2 Å². The largest absolute Gasteiger partial charge is 0.394 e. The summed E-state index contributed by atoms with van der Waals surface area (Å²) in [6.07, 6.45) is -6.85. The maximum absolute atomic E-state index is 11.5. The molecule has 0 spiro atoms. The average Bonchev–Trinajstić information content (AvgIpc) is 2.45. The van der Waals surface area contributed by atoms with Crippen LogP contribution in [0.4, 0.5) is 5.82 Å². The minimum atomic E-state index is -1.55. The van der Waals surface area contributed by atoms with Crippen LogP contribution in [0.15, 0.2) is 15.7 Å². The first-order valence-corrected chi connectivity index (χ1v) is 6.22. The minimum absolute atomic E-state index is 0.0209. The van der Waals surface area contributed by atoms with Crippen molar-refractivity contribution in [3.63, 3.8) is 0 Å². The number of ether oxygens (including phenoxy) is 1. The van der Waals surface area contributed by atoms with Crippen LogP contribution >= 0.6 is 0 Å². The molecule has 1 aliphatic heterocycles. The van der Waals surface area contributed by atoms with Gasteiger partial charge in [-0.3, -0.25) is 14.3 Å². The van der Waals surface area contributed by atoms with Crippen LogP contribution in [0.3, 0.4) is 0 Å². The Labute approximate surface area is 118 Å². The van der Waals surface area contributed by atoms with Gasteiger partial charge in [0.15, 0.2) is 6.23 Å². The van der Waals surface area contributed by atoms with Gasteiger partial charge in [0.1, 0.15) is 30.2 Å². The number of aromatic amines is 1. The van der Waals surface area contributed by atoms with Gasteiger partial charge in [-0.25, -0.2) is 4.79 Å². The zero-order valence-electron chi connectivity index (χ0n) is 11.1. The van der Waals surface area contributed by atoms with Crippen LogP contribution in [-0.2, 0) is 11.8 Å². The van der Waals surface area contributed by atoms with Gasteiger partial charge < -0.3 is 30.5 Å². The van der Waals surface area contributed by atoms with E-state index in [4.69, 9.17) is 9.84 Å². The lowest BCUT2D eigenvalue weighted by molar-refractivity contribution is -0.221. The van der Waals surface area contributed by atoms with Crippen molar-refractivity contribution < 1.29 is 25.2 Å². The van der Waals surface area contributed by atoms with Gasteiger partial charge in [0.2, 0.25) is 0 Å². The smallest absolute Gasteiger partial charge is 0.329 e. The fourth-order valence-electron chi connectivity index (χ4n) is 2.01. The summed E-state index contributed by atoms with van der Waals surface area (Å²) in [5, 5.41) is 40.7. The molecule has 10 heteroatoms. The van der Waals surface area contributed by atoms with E-state index >= 15 is 0 Å². The quantitative estimate of drug-likeness (QED) is 0.333. The van der Waals surface area contributed by atoms with E-state index in [0.717, 1.165) is 10.6 Å². The molecule has 5 atom stereocenters. The van der Waals surface area contributed by atoms with Gasteiger partial charge in [0, 0.05) is 13.1 Å². The first-order valence-electron chi connectivity index (χ1n) is 6.22. The number of aliphatic hydroxyl groups is 4. The molecule has 1 aromatic rings. The third kappa shape index (κ3) is 2.99. The number of hydrogen-bond acceptors (Lipinski definition) is 8. The SMILES string of the molecule is Cn1c(=O)cc(N[C@H]2O[C@@H](CO)[C@@H](O)[C@@H](O)[C@@H]2O)[nH]c1=O. The van der Waals surface area contributed by atoms with Crippen LogP contribution in [0, 0.1) is 0 Å². The highest BCUT2D eigenvalue weighted by Gasteiger charge is 2.43. The molecule has 10 nitrogen and oxygen atoms in total. The van der Waals surface area contributed by atoms with Gasteiger partial charge >= 0.3 is 5.69 Å². The molecule has 0 radical (unpaired) electrons. The molecule has 0 aromatic carbocycles. The Morgan fingerprint density at radius 1 is 1.29 bits per heavy atom. The van der Waals surface area contributed by atoms with E-state index in [9.17, 15) is 24.9 Å². The number of aliphatic hydroxyl groups excluding tert-OH is 4. The highest BCUT2D eigenvalue weighted by molar-refractivity contribution is 5.33. The van der Waals surface area contributed by atoms with Crippen LogP contribution < -0.4 is 16.6 Å². The highest BCUT2D eigenvalue weighted by atomic mass is 16.6. The number of anilines is 1. The first-order chi connectivity index (χ1) is 9.85. The van der Waals surface area contributed by atoms with Crippen molar-refractivity contribution in [1.82, 2.24) is 9.55 Å². The molecule has 118 valence electrons. The number of nitrogens with one attached hydrogen (secondary N) is 2. The fraction of sp³-hybridized carbons (Fsp3) is 0.636. The van der Waals surface area contributed by atoms with Gasteiger partial charge in [-0.05, 0) is 0 Å². The second-order valence-electron chi connectivity index (χ2n) is 4.78. The molecular formula is C11H17N3O7. The van der Waals surface area contributed by atoms with Crippen molar-refractivity contribution in [2.45, 2.75) is 30.6 Å². The predicted octanol–water partition coefficient (Wildman–Crippen LogP) is -3.71. The standard InChI is InChI=1S/C11H17N3O7/c1-14-6(16)2-5(13-11(14)20)12-10-9(19)8(18)7(17)4(3-15)21-10/h2,4,7-10,12,15,17-19H,3H2,1H3,(H,13,20)/t4-,7+,8+,9-,10-/m0/s1. The van der Waals surface area contributed by atoms with Gasteiger partial charge in [0.25, 0.3) is 5.56 Å². The van der Waals surface area contributed by atoms with E-state index < -0.39 is 48.5 Å². The summed E-state index contributed by atoms with van der Waals surface area (Å²) in [5.41, 5.74) is -1.25. The van der Waals surface area contributed by atoms with E-state index in [1.807, 2.05) is 0 Å². The van der Waals surface area contributed by atoms with Gasteiger partial charge in [-0.15, -0.1) is 0 Å². The van der Waals surface area contributed by atoms with Crippen molar-refractivity contribution in [2.24, 2.45) is 7.05 Å². The molecular weight excluding hydrogens is 286 g/mol. The Morgan fingerprint density at radius 3 is 2.52 bits per heavy atom. The Balaban J connectivity index is 2.22. The molecule has 0 saturated carbocycles. The Hall–Kier alpha value is -1.72. The highest BCUT2D eigenvalue weighted by Crippen LogP contribution is 2.21. The monoisotopic (exact) mass is 303 g/mol. The first kappa shape index (κ1) is 15.7. The summed E-state index contributed by atoms with van der Waals surface area (Å²) >= 11 is 0. The van der Waals surface area contributed by atoms with E-state index in [2.05, 4.69) is 10.3 Å². The van der Waals surface area contributed by atoms with Crippen LogP contribution in [0.5, 0.6) is 0 Å². The molecule has 0 unspecified atom stereocenters. The molecule has 1 fully saturated rings. The number of rotatable bonds is 3. The predicted molar refractivity (Wildman–Crippen MR) is 69.7 cm³/mol. The van der Waals surface area contributed by atoms with Crippen molar-refractivity contribution >= 4 is 5.82 Å². The molecule has 1 aliphatic rings. The van der Waals surface area contributed by atoms with Crippen molar-refractivity contribution in [1.29, 1.82) is 0 Å². The van der Waals surface area contributed by atoms with Crippen molar-refractivity contribution in [3.8, 4) is 0 Å². The third-order valence-electron chi connectivity index (χ3n) is 3.33. The summed E-state index contributed by atoms with van der Waals surface area (Å²) in [4.78, 5) is 25.3. The molecule has 2 rings (SSSR count). The number of aromatic nitrogens is 2. The maximum atomic E-state index is 11.5. The van der Waals surface area contributed by atoms with Gasteiger partial charge in [0.05, 0.1) is 6.61 Å². The molecule has 0 amide bonds. The van der Waals surface area contributed by atoms with Gasteiger partial charge in [-0.2, -0.15) is 0 Å². The summed E-state index contributed by atoms with van der Waals surface area (Å²) in [6, 6.07) is 1.07. The van der Waals surface area contributed by atoms with E-state index in [1.165, 1.54) is 7.05 Å². The fourth-order valence-corrected chi connectivity index (χ4v) is 2.01. The molecule has 6 N–H and O–H groups in total. The molecule has 1 saturated heterocycles. The summed E-state index contributed by atoms with van der Waals surface area (Å²) in [6.45, 7) is -0.573. The number of nitrogens with zero attached hydrogens (tertiary/aromatic N) is 1. The number of H-pyrrole nitrogens is 1. The lowest BCUT2D eigenvalue weighted by Crippen LogP contribution is -2.60.